The first-order valence-electron chi connectivity index (χ1n) is 7.84. The summed E-state index contributed by atoms with van der Waals surface area (Å²) in [6.45, 7) is 6.50. The Kier molecular flexibility index (Phi) is 4.62. The summed E-state index contributed by atoms with van der Waals surface area (Å²) in [6.07, 6.45) is -0.201. The molecule has 24 heavy (non-hydrogen) atoms. The Labute approximate surface area is 146 Å². The van der Waals surface area contributed by atoms with E-state index in [1.807, 2.05) is 39.0 Å². The number of hydrogen-bond donors (Lipinski definition) is 2. The number of carbonyl (C=O) groups excluding carboxylic acids is 1. The molecule has 128 valence electrons. The Hall–Kier alpha value is -2.28. The molecule has 0 spiro atoms. The Bertz CT molecular complexity index is 715. The maximum Gasteiger partial charge on any atom is 0.338 e. The second-order valence-electron chi connectivity index (χ2n) is 5.93. The van der Waals surface area contributed by atoms with Gasteiger partial charge in [-0.1, -0.05) is 6.07 Å². The van der Waals surface area contributed by atoms with E-state index in [1.54, 1.807) is 0 Å². The molecule has 2 N–H and O–H groups in total. The van der Waals surface area contributed by atoms with E-state index in [4.69, 9.17) is 26.4 Å². The van der Waals surface area contributed by atoms with Crippen molar-refractivity contribution in [1.82, 2.24) is 10.6 Å². The normalized spacial score (nSPS) is 19.7. The minimum Gasteiger partial charge on any atom is -0.486 e. The van der Waals surface area contributed by atoms with Gasteiger partial charge in [0, 0.05) is 5.70 Å². The van der Waals surface area contributed by atoms with Gasteiger partial charge < -0.3 is 24.8 Å². The Morgan fingerprint density at radius 1 is 1.29 bits per heavy atom. The van der Waals surface area contributed by atoms with Gasteiger partial charge >= 0.3 is 5.97 Å². The average Bonchev–Trinajstić information content (AvgIpc) is 2.52. The molecule has 1 aromatic rings. The topological polar surface area (TPSA) is 68.8 Å². The van der Waals surface area contributed by atoms with Crippen LogP contribution in [0.25, 0.3) is 0 Å². The molecule has 0 saturated heterocycles. The van der Waals surface area contributed by atoms with E-state index in [0.29, 0.717) is 41.1 Å². The zero-order valence-corrected chi connectivity index (χ0v) is 14.7. The molecule has 0 aliphatic carbocycles. The first-order valence-corrected chi connectivity index (χ1v) is 8.25. The summed E-state index contributed by atoms with van der Waals surface area (Å²) in [4.78, 5) is 12.5. The van der Waals surface area contributed by atoms with Crippen molar-refractivity contribution in [3.05, 3.63) is 35.0 Å². The Morgan fingerprint density at radius 2 is 2.00 bits per heavy atom. The van der Waals surface area contributed by atoms with Gasteiger partial charge in [-0.3, -0.25) is 0 Å². The molecule has 2 aliphatic rings. The third-order valence-corrected chi connectivity index (χ3v) is 3.95. The van der Waals surface area contributed by atoms with Crippen molar-refractivity contribution in [3.63, 3.8) is 0 Å². The molecule has 0 radical (unpaired) electrons. The molecule has 0 bridgehead atoms. The highest BCUT2D eigenvalue weighted by Crippen LogP contribution is 2.36. The third kappa shape index (κ3) is 3.31. The van der Waals surface area contributed by atoms with Crippen molar-refractivity contribution >= 4 is 23.3 Å². The Morgan fingerprint density at radius 3 is 2.71 bits per heavy atom. The zero-order chi connectivity index (χ0) is 17.3. The predicted octanol–water partition coefficient (Wildman–Crippen LogP) is 2.20. The molecular weight excluding hydrogens is 328 g/mol. The van der Waals surface area contributed by atoms with E-state index in [1.165, 1.54) is 0 Å². The van der Waals surface area contributed by atoms with Crippen LogP contribution >= 0.6 is 12.2 Å². The van der Waals surface area contributed by atoms with E-state index >= 15 is 0 Å². The lowest BCUT2D eigenvalue weighted by atomic mass is 9.95. The number of rotatable bonds is 3. The monoisotopic (exact) mass is 348 g/mol. The van der Waals surface area contributed by atoms with Gasteiger partial charge in [-0.15, -0.1) is 0 Å². The van der Waals surface area contributed by atoms with Crippen molar-refractivity contribution in [1.29, 1.82) is 0 Å². The highest BCUT2D eigenvalue weighted by molar-refractivity contribution is 7.80. The summed E-state index contributed by atoms with van der Waals surface area (Å²) in [5.41, 5.74) is 2.05. The van der Waals surface area contributed by atoms with Crippen LogP contribution in [0.2, 0.25) is 0 Å². The lowest BCUT2D eigenvalue weighted by molar-refractivity contribution is -0.143. The molecule has 0 saturated carbocycles. The summed E-state index contributed by atoms with van der Waals surface area (Å²) in [5, 5.41) is 6.59. The number of nitrogens with one attached hydrogen (secondary N) is 2. The maximum atomic E-state index is 12.5. The van der Waals surface area contributed by atoms with Crippen LogP contribution in [0.15, 0.2) is 29.5 Å². The van der Waals surface area contributed by atoms with Crippen LogP contribution in [0.5, 0.6) is 11.5 Å². The molecule has 3 rings (SSSR count). The number of allylic oxidation sites excluding steroid dienone is 1. The molecule has 0 fully saturated rings. The average molecular weight is 348 g/mol. The summed E-state index contributed by atoms with van der Waals surface area (Å²) in [7, 11) is 0. The molecule has 2 heterocycles. The standard InChI is InChI=1S/C17H20N2O4S/c1-9(2)23-16(20)14-10(3)18-17(24)19-15(14)11-4-5-12-13(8-11)22-7-6-21-12/h4-5,8-9,15H,6-7H2,1-3H3,(H2,18,19,24)/t15-/m1/s1. The maximum absolute atomic E-state index is 12.5. The fraction of sp³-hybridized carbons (Fsp3) is 0.412. The van der Waals surface area contributed by atoms with Gasteiger partial charge in [0.15, 0.2) is 16.6 Å². The molecule has 7 heteroatoms. The zero-order valence-electron chi connectivity index (χ0n) is 13.8. The smallest absolute Gasteiger partial charge is 0.338 e. The van der Waals surface area contributed by atoms with Gasteiger partial charge in [0.2, 0.25) is 0 Å². The summed E-state index contributed by atoms with van der Waals surface area (Å²) in [5.74, 6) is 0.998. The first-order chi connectivity index (χ1) is 11.5. The SMILES string of the molecule is CC1=C(C(=O)OC(C)C)[C@@H](c2ccc3c(c2)OCCO3)NC(=S)N1. The van der Waals surface area contributed by atoms with Crippen LogP contribution in [-0.4, -0.2) is 30.4 Å². The van der Waals surface area contributed by atoms with E-state index in [9.17, 15) is 4.79 Å². The van der Waals surface area contributed by atoms with Crippen LogP contribution in [0, 0.1) is 0 Å². The fourth-order valence-corrected chi connectivity index (χ4v) is 3.00. The van der Waals surface area contributed by atoms with Crippen molar-refractivity contribution in [2.24, 2.45) is 0 Å². The van der Waals surface area contributed by atoms with Gasteiger partial charge in [0.1, 0.15) is 13.2 Å². The highest BCUT2D eigenvalue weighted by Gasteiger charge is 2.32. The number of fused-ring (bicyclic) bond motifs is 1. The van der Waals surface area contributed by atoms with E-state index in [2.05, 4.69) is 10.6 Å². The molecule has 2 aliphatic heterocycles. The van der Waals surface area contributed by atoms with E-state index < -0.39 is 6.04 Å². The minimum absolute atomic E-state index is 0.201. The van der Waals surface area contributed by atoms with Crippen LogP contribution < -0.4 is 20.1 Å². The third-order valence-electron chi connectivity index (χ3n) is 3.73. The number of carbonyl (C=O) groups is 1. The van der Waals surface area contributed by atoms with Crippen LogP contribution in [0.3, 0.4) is 0 Å². The molecule has 0 amide bonds. The van der Waals surface area contributed by atoms with E-state index in [-0.39, 0.29) is 12.1 Å². The fourth-order valence-electron chi connectivity index (χ4n) is 2.73. The minimum atomic E-state index is -0.402. The largest absolute Gasteiger partial charge is 0.486 e. The van der Waals surface area contributed by atoms with Crippen molar-refractivity contribution < 1.29 is 19.0 Å². The van der Waals surface area contributed by atoms with Gasteiger partial charge in [0.05, 0.1) is 17.7 Å². The van der Waals surface area contributed by atoms with Gasteiger partial charge in [0.25, 0.3) is 0 Å². The number of benzene rings is 1. The van der Waals surface area contributed by atoms with Gasteiger partial charge in [-0.05, 0) is 50.7 Å². The summed E-state index contributed by atoms with van der Waals surface area (Å²) >= 11 is 5.24. The Balaban J connectivity index is 1.98. The molecule has 0 aromatic heterocycles. The first kappa shape index (κ1) is 16.6. The van der Waals surface area contributed by atoms with Crippen LogP contribution in [-0.2, 0) is 9.53 Å². The van der Waals surface area contributed by atoms with Crippen molar-refractivity contribution in [2.45, 2.75) is 32.9 Å². The highest BCUT2D eigenvalue weighted by atomic mass is 32.1. The molecule has 1 atom stereocenters. The van der Waals surface area contributed by atoms with Crippen molar-refractivity contribution in [3.8, 4) is 11.5 Å². The number of ether oxygens (including phenoxy) is 3. The van der Waals surface area contributed by atoms with E-state index in [0.717, 1.165) is 5.56 Å². The predicted molar refractivity (Wildman–Crippen MR) is 93.0 cm³/mol. The van der Waals surface area contributed by atoms with Gasteiger partial charge in [-0.2, -0.15) is 0 Å². The van der Waals surface area contributed by atoms with Crippen LogP contribution in [0.4, 0.5) is 0 Å². The summed E-state index contributed by atoms with van der Waals surface area (Å²) < 4.78 is 16.6. The number of thiocarbonyl (C=S) groups is 1. The lowest BCUT2D eigenvalue weighted by Gasteiger charge is -2.31. The van der Waals surface area contributed by atoms with Crippen LogP contribution in [0.1, 0.15) is 32.4 Å². The lowest BCUT2D eigenvalue weighted by Crippen LogP contribution is -2.45. The molecular formula is C17H20N2O4S. The van der Waals surface area contributed by atoms with Gasteiger partial charge in [-0.25, -0.2) is 4.79 Å². The molecule has 1 aromatic carbocycles. The second kappa shape index (κ2) is 6.68. The number of esters is 1. The van der Waals surface area contributed by atoms with Crippen molar-refractivity contribution in [2.75, 3.05) is 13.2 Å². The second-order valence-corrected chi connectivity index (χ2v) is 6.34. The number of hydrogen-bond acceptors (Lipinski definition) is 5. The molecule has 6 nitrogen and oxygen atoms in total. The summed E-state index contributed by atoms with van der Waals surface area (Å²) in [6, 6.07) is 5.21. The quantitative estimate of drug-likeness (QED) is 0.641. The molecule has 0 unspecified atom stereocenters.